The number of morpholine rings is 1. The number of benzene rings is 1. The first-order valence-corrected chi connectivity index (χ1v) is 11.1. The molecule has 0 saturated carbocycles. The zero-order valence-corrected chi connectivity index (χ0v) is 16.7. The van der Waals surface area contributed by atoms with Crippen molar-refractivity contribution < 1.29 is 17.9 Å². The summed E-state index contributed by atoms with van der Waals surface area (Å²) in [5.74, 6) is -0.337. The summed E-state index contributed by atoms with van der Waals surface area (Å²) in [6, 6.07) is 6.87. The minimum Gasteiger partial charge on any atom is -0.379 e. The standard InChI is InChI=1S/C19H29N3O4S/c1-16-4-6-18(7-5-16)27(24,25)22-9-2-3-17(15-22)19(23)20-8-10-21-11-13-26-14-12-21/h4-7,17H,2-3,8-15H2,1H3,(H,20,23)/t17-/m1/s1. The van der Waals surface area contributed by atoms with E-state index in [1.807, 2.05) is 6.92 Å². The molecule has 1 aromatic rings. The van der Waals surface area contributed by atoms with E-state index in [9.17, 15) is 13.2 Å². The minimum atomic E-state index is -3.55. The van der Waals surface area contributed by atoms with E-state index >= 15 is 0 Å². The molecule has 7 nitrogen and oxygen atoms in total. The molecule has 27 heavy (non-hydrogen) atoms. The lowest BCUT2D eigenvalue weighted by molar-refractivity contribution is -0.126. The van der Waals surface area contributed by atoms with Gasteiger partial charge in [-0.2, -0.15) is 4.31 Å². The van der Waals surface area contributed by atoms with Gasteiger partial charge in [-0.3, -0.25) is 9.69 Å². The third-order valence-corrected chi connectivity index (χ3v) is 7.12. The Bertz CT molecular complexity index is 730. The van der Waals surface area contributed by atoms with E-state index in [1.165, 1.54) is 4.31 Å². The van der Waals surface area contributed by atoms with E-state index in [4.69, 9.17) is 4.74 Å². The van der Waals surface area contributed by atoms with Crippen molar-refractivity contribution in [2.45, 2.75) is 24.7 Å². The molecular weight excluding hydrogens is 366 g/mol. The molecule has 1 aromatic carbocycles. The summed E-state index contributed by atoms with van der Waals surface area (Å²) in [4.78, 5) is 15.1. The number of sulfonamides is 1. The van der Waals surface area contributed by atoms with Crippen molar-refractivity contribution in [3.8, 4) is 0 Å². The number of nitrogens with one attached hydrogen (secondary N) is 1. The maximum absolute atomic E-state index is 12.9. The molecular formula is C19H29N3O4S. The second-order valence-electron chi connectivity index (χ2n) is 7.26. The molecule has 3 rings (SSSR count). The molecule has 150 valence electrons. The molecule has 0 aliphatic carbocycles. The van der Waals surface area contributed by atoms with E-state index in [0.29, 0.717) is 24.4 Å². The molecule has 0 radical (unpaired) electrons. The van der Waals surface area contributed by atoms with Crippen LogP contribution in [-0.2, 0) is 19.6 Å². The van der Waals surface area contributed by atoms with Crippen LogP contribution in [0.3, 0.4) is 0 Å². The van der Waals surface area contributed by atoms with Gasteiger partial charge in [-0.15, -0.1) is 0 Å². The summed E-state index contributed by atoms with van der Waals surface area (Å²) < 4.78 is 32.5. The highest BCUT2D eigenvalue weighted by atomic mass is 32.2. The van der Waals surface area contributed by atoms with Gasteiger partial charge in [0.2, 0.25) is 15.9 Å². The maximum Gasteiger partial charge on any atom is 0.243 e. The minimum absolute atomic E-state index is 0.0490. The Labute approximate surface area is 161 Å². The number of carbonyl (C=O) groups excluding carboxylic acids is 1. The normalized spacial score (nSPS) is 22.5. The number of amides is 1. The summed E-state index contributed by atoms with van der Waals surface area (Å²) in [6.45, 7) is 7.28. The van der Waals surface area contributed by atoms with Crippen molar-refractivity contribution >= 4 is 15.9 Å². The zero-order chi connectivity index (χ0) is 19.3. The maximum atomic E-state index is 12.9. The van der Waals surface area contributed by atoms with Crippen LogP contribution in [0.5, 0.6) is 0 Å². The highest BCUT2D eigenvalue weighted by molar-refractivity contribution is 7.89. The van der Waals surface area contributed by atoms with Crippen LogP contribution in [0.25, 0.3) is 0 Å². The Morgan fingerprint density at radius 2 is 1.89 bits per heavy atom. The lowest BCUT2D eigenvalue weighted by Crippen LogP contribution is -2.47. The van der Waals surface area contributed by atoms with Gasteiger partial charge in [0, 0.05) is 39.3 Å². The molecule has 0 unspecified atom stereocenters. The van der Waals surface area contributed by atoms with E-state index < -0.39 is 10.0 Å². The van der Waals surface area contributed by atoms with Crippen molar-refractivity contribution in [2.24, 2.45) is 5.92 Å². The van der Waals surface area contributed by atoms with Gasteiger partial charge < -0.3 is 10.1 Å². The predicted molar refractivity (Wildman–Crippen MR) is 103 cm³/mol. The van der Waals surface area contributed by atoms with E-state index in [0.717, 1.165) is 44.8 Å². The van der Waals surface area contributed by atoms with Crippen molar-refractivity contribution in [2.75, 3.05) is 52.5 Å². The van der Waals surface area contributed by atoms with Crippen LogP contribution in [0.2, 0.25) is 0 Å². The smallest absolute Gasteiger partial charge is 0.243 e. The van der Waals surface area contributed by atoms with Gasteiger partial charge in [0.05, 0.1) is 24.0 Å². The van der Waals surface area contributed by atoms with Crippen LogP contribution in [0.1, 0.15) is 18.4 Å². The van der Waals surface area contributed by atoms with Crippen LogP contribution < -0.4 is 5.32 Å². The van der Waals surface area contributed by atoms with Crippen molar-refractivity contribution in [3.63, 3.8) is 0 Å². The van der Waals surface area contributed by atoms with Gasteiger partial charge in [0.1, 0.15) is 0 Å². The number of carbonyl (C=O) groups is 1. The van der Waals surface area contributed by atoms with Gasteiger partial charge in [-0.1, -0.05) is 17.7 Å². The van der Waals surface area contributed by atoms with Gasteiger partial charge in [0.15, 0.2) is 0 Å². The molecule has 8 heteroatoms. The van der Waals surface area contributed by atoms with Crippen molar-refractivity contribution in [1.82, 2.24) is 14.5 Å². The van der Waals surface area contributed by atoms with Crippen molar-refractivity contribution in [3.05, 3.63) is 29.8 Å². The topological polar surface area (TPSA) is 79.0 Å². The average Bonchev–Trinajstić information content (AvgIpc) is 2.69. The molecule has 2 saturated heterocycles. The van der Waals surface area contributed by atoms with E-state index in [2.05, 4.69) is 10.2 Å². The molecule has 2 aliphatic rings. The molecule has 0 spiro atoms. The SMILES string of the molecule is Cc1ccc(S(=O)(=O)N2CCC[C@@H](C(=O)NCCN3CCOCC3)C2)cc1. The van der Waals surface area contributed by atoms with Crippen LogP contribution in [0.4, 0.5) is 0 Å². The Hall–Kier alpha value is -1.48. The van der Waals surface area contributed by atoms with Crippen molar-refractivity contribution in [1.29, 1.82) is 0 Å². The first kappa shape index (κ1) is 20.3. The Morgan fingerprint density at radius 3 is 2.59 bits per heavy atom. The number of hydrogen-bond acceptors (Lipinski definition) is 5. The Morgan fingerprint density at radius 1 is 1.19 bits per heavy atom. The van der Waals surface area contributed by atoms with Gasteiger partial charge >= 0.3 is 0 Å². The summed E-state index contributed by atoms with van der Waals surface area (Å²) in [5.41, 5.74) is 1.02. The largest absolute Gasteiger partial charge is 0.379 e. The van der Waals surface area contributed by atoms with Crippen LogP contribution >= 0.6 is 0 Å². The van der Waals surface area contributed by atoms with Gasteiger partial charge in [-0.25, -0.2) is 8.42 Å². The monoisotopic (exact) mass is 395 g/mol. The fourth-order valence-electron chi connectivity index (χ4n) is 3.54. The number of hydrogen-bond donors (Lipinski definition) is 1. The molecule has 2 fully saturated rings. The summed E-state index contributed by atoms with van der Waals surface area (Å²) in [5, 5.41) is 2.98. The summed E-state index contributed by atoms with van der Waals surface area (Å²) in [6.07, 6.45) is 1.43. The molecule has 2 heterocycles. The fourth-order valence-corrected chi connectivity index (χ4v) is 5.06. The van der Waals surface area contributed by atoms with Gasteiger partial charge in [0.25, 0.3) is 0 Å². The molecule has 1 amide bonds. The first-order valence-electron chi connectivity index (χ1n) is 9.61. The highest BCUT2D eigenvalue weighted by Gasteiger charge is 2.33. The Kier molecular flexibility index (Phi) is 6.86. The third-order valence-electron chi connectivity index (χ3n) is 5.24. The second-order valence-corrected chi connectivity index (χ2v) is 9.20. The molecule has 2 aliphatic heterocycles. The number of aryl methyl sites for hydroxylation is 1. The Balaban J connectivity index is 1.53. The summed E-state index contributed by atoms with van der Waals surface area (Å²) >= 11 is 0. The fraction of sp³-hybridized carbons (Fsp3) is 0.632. The van der Waals surface area contributed by atoms with Gasteiger partial charge in [-0.05, 0) is 31.9 Å². The number of nitrogens with zero attached hydrogens (tertiary/aromatic N) is 2. The molecule has 0 aromatic heterocycles. The van der Waals surface area contributed by atoms with Crippen LogP contribution in [0, 0.1) is 12.8 Å². The molecule has 1 atom stereocenters. The number of rotatable bonds is 6. The molecule has 0 bridgehead atoms. The lowest BCUT2D eigenvalue weighted by Gasteiger charge is -2.31. The van der Waals surface area contributed by atoms with Crippen LogP contribution in [0.15, 0.2) is 29.2 Å². The number of piperidine rings is 1. The predicted octanol–water partition coefficient (Wildman–Crippen LogP) is 0.844. The average molecular weight is 396 g/mol. The van der Waals surface area contributed by atoms with E-state index in [-0.39, 0.29) is 18.4 Å². The zero-order valence-electron chi connectivity index (χ0n) is 15.9. The highest BCUT2D eigenvalue weighted by Crippen LogP contribution is 2.24. The first-order chi connectivity index (χ1) is 13.0. The molecule has 1 N–H and O–H groups in total. The second kappa shape index (κ2) is 9.14. The van der Waals surface area contributed by atoms with Crippen LogP contribution in [-0.4, -0.2) is 76.0 Å². The van der Waals surface area contributed by atoms with E-state index in [1.54, 1.807) is 24.3 Å². The third kappa shape index (κ3) is 5.28. The summed E-state index contributed by atoms with van der Waals surface area (Å²) in [7, 11) is -3.55. The quantitative estimate of drug-likeness (QED) is 0.772. The lowest BCUT2D eigenvalue weighted by atomic mass is 9.99. The number of ether oxygens (including phenoxy) is 1.